The van der Waals surface area contributed by atoms with Gasteiger partial charge in [-0.3, -0.25) is 9.97 Å². The Labute approximate surface area is 191 Å². The van der Waals surface area contributed by atoms with Crippen LogP contribution in [0.4, 0.5) is 0 Å². The molecule has 1 aromatic rings. The van der Waals surface area contributed by atoms with Crippen LogP contribution in [-0.2, 0) is 6.42 Å². The molecule has 172 valence electrons. The standard InChI is InChI=1S/C29H46N2/c1-5-6-21-7-9-24-22(16-21)8-10-26-25(24)13-14-29(4)27(11-12-28(26)29)19(2)15-23-18-30-20(3)17-31-23/h17-19,21-22,24-28H,5-16H2,1-4H3/t19-,21+,22-,24+,25?,26?,27?,28?,29-/m1/s1. The molecule has 4 aliphatic carbocycles. The molecule has 0 N–H and O–H groups in total. The number of hydrogen-bond donors (Lipinski definition) is 0. The second kappa shape index (κ2) is 8.79. The molecule has 0 aliphatic heterocycles. The Balaban J connectivity index is 1.27. The first-order valence-electron chi connectivity index (χ1n) is 13.8. The third kappa shape index (κ3) is 3.99. The van der Waals surface area contributed by atoms with E-state index in [2.05, 4.69) is 30.7 Å². The summed E-state index contributed by atoms with van der Waals surface area (Å²) in [7, 11) is 0. The first-order valence-corrected chi connectivity index (χ1v) is 13.8. The lowest BCUT2D eigenvalue weighted by Crippen LogP contribution is -2.49. The van der Waals surface area contributed by atoms with Gasteiger partial charge in [-0.1, -0.05) is 40.0 Å². The van der Waals surface area contributed by atoms with Crippen LogP contribution in [0.1, 0.15) is 103 Å². The van der Waals surface area contributed by atoms with Crippen molar-refractivity contribution in [3.05, 3.63) is 23.8 Å². The highest BCUT2D eigenvalue weighted by molar-refractivity contribution is 5.09. The van der Waals surface area contributed by atoms with Crippen LogP contribution in [0.15, 0.2) is 12.4 Å². The van der Waals surface area contributed by atoms with Gasteiger partial charge in [-0.2, -0.15) is 0 Å². The number of nitrogens with zero attached hydrogens (tertiary/aromatic N) is 2. The zero-order valence-corrected chi connectivity index (χ0v) is 20.7. The summed E-state index contributed by atoms with van der Waals surface area (Å²) in [5.74, 6) is 7.91. The zero-order chi connectivity index (χ0) is 21.6. The fourth-order valence-electron chi connectivity index (χ4n) is 9.59. The van der Waals surface area contributed by atoms with Crippen LogP contribution in [0.2, 0.25) is 0 Å². The van der Waals surface area contributed by atoms with Crippen LogP contribution in [-0.4, -0.2) is 9.97 Å². The van der Waals surface area contributed by atoms with Gasteiger partial charge in [0.15, 0.2) is 0 Å². The normalized spacial score (nSPS) is 43.0. The maximum absolute atomic E-state index is 4.68. The molecule has 4 aliphatic rings. The van der Waals surface area contributed by atoms with E-state index in [0.29, 0.717) is 5.41 Å². The Hall–Kier alpha value is -0.920. The Bertz CT molecular complexity index is 742. The summed E-state index contributed by atoms with van der Waals surface area (Å²) in [6, 6.07) is 0. The summed E-state index contributed by atoms with van der Waals surface area (Å²) in [5.41, 5.74) is 2.80. The molecular weight excluding hydrogens is 376 g/mol. The highest BCUT2D eigenvalue weighted by atomic mass is 14.8. The Morgan fingerprint density at radius 2 is 1.81 bits per heavy atom. The Morgan fingerprint density at radius 3 is 2.58 bits per heavy atom. The molecule has 0 bridgehead atoms. The molecule has 0 aromatic carbocycles. The molecule has 0 saturated heterocycles. The van der Waals surface area contributed by atoms with E-state index in [1.165, 1.54) is 50.6 Å². The van der Waals surface area contributed by atoms with Gasteiger partial charge in [-0.15, -0.1) is 0 Å². The van der Waals surface area contributed by atoms with Crippen LogP contribution in [0, 0.1) is 59.7 Å². The maximum atomic E-state index is 4.68. The molecule has 5 rings (SSSR count). The van der Waals surface area contributed by atoms with E-state index in [-0.39, 0.29) is 0 Å². The number of aryl methyl sites for hydroxylation is 1. The van der Waals surface area contributed by atoms with Gasteiger partial charge in [0.1, 0.15) is 0 Å². The lowest BCUT2D eigenvalue weighted by atomic mass is 9.48. The van der Waals surface area contributed by atoms with Gasteiger partial charge in [-0.05, 0) is 117 Å². The summed E-state index contributed by atoms with van der Waals surface area (Å²) in [6.45, 7) is 9.63. The predicted octanol–water partition coefficient (Wildman–Crippen LogP) is 7.65. The first kappa shape index (κ1) is 21.9. The average molecular weight is 423 g/mol. The molecule has 4 unspecified atom stereocenters. The van der Waals surface area contributed by atoms with Crippen molar-refractivity contribution in [3.63, 3.8) is 0 Å². The van der Waals surface area contributed by atoms with Crippen molar-refractivity contribution >= 4 is 0 Å². The molecule has 9 atom stereocenters. The number of aromatic nitrogens is 2. The van der Waals surface area contributed by atoms with Gasteiger partial charge < -0.3 is 0 Å². The molecule has 0 spiro atoms. The van der Waals surface area contributed by atoms with Crippen LogP contribution in [0.25, 0.3) is 0 Å². The fourth-order valence-corrected chi connectivity index (χ4v) is 9.59. The second-order valence-electron chi connectivity index (χ2n) is 12.5. The fraction of sp³-hybridized carbons (Fsp3) is 0.862. The summed E-state index contributed by atoms with van der Waals surface area (Å²) < 4.78 is 0. The molecular formula is C29H46N2. The summed E-state index contributed by atoms with van der Waals surface area (Å²) >= 11 is 0. The third-order valence-corrected chi connectivity index (χ3v) is 10.9. The van der Waals surface area contributed by atoms with E-state index in [9.17, 15) is 0 Å². The highest BCUT2D eigenvalue weighted by Gasteiger charge is 2.57. The average Bonchev–Trinajstić information content (AvgIpc) is 3.12. The van der Waals surface area contributed by atoms with Crippen molar-refractivity contribution in [3.8, 4) is 0 Å². The maximum Gasteiger partial charge on any atom is 0.0589 e. The van der Waals surface area contributed by atoms with Crippen molar-refractivity contribution in [1.82, 2.24) is 9.97 Å². The van der Waals surface area contributed by atoms with Crippen LogP contribution >= 0.6 is 0 Å². The SMILES string of the molecule is CCC[C@H]1CC[C@@H]2C3CC[C@@]4(C)C(CCC4[C@H](C)Cc4cnc(C)cn4)C3CC[C@@H]2C1. The lowest BCUT2D eigenvalue weighted by molar-refractivity contribution is -0.0740. The van der Waals surface area contributed by atoms with Crippen LogP contribution in [0.5, 0.6) is 0 Å². The minimum atomic E-state index is 0.574. The van der Waals surface area contributed by atoms with E-state index >= 15 is 0 Å². The summed E-state index contributed by atoms with van der Waals surface area (Å²) in [5, 5.41) is 0. The Kier molecular flexibility index (Phi) is 6.21. The predicted molar refractivity (Wildman–Crippen MR) is 129 cm³/mol. The number of fused-ring (bicyclic) bond motifs is 5. The smallest absolute Gasteiger partial charge is 0.0589 e. The van der Waals surface area contributed by atoms with Crippen molar-refractivity contribution in [1.29, 1.82) is 0 Å². The van der Waals surface area contributed by atoms with Gasteiger partial charge in [0, 0.05) is 12.4 Å². The molecule has 4 fully saturated rings. The molecule has 0 amide bonds. The zero-order valence-electron chi connectivity index (χ0n) is 20.7. The van der Waals surface area contributed by atoms with E-state index in [4.69, 9.17) is 0 Å². The van der Waals surface area contributed by atoms with Gasteiger partial charge in [0.05, 0.1) is 11.4 Å². The van der Waals surface area contributed by atoms with Gasteiger partial charge in [-0.25, -0.2) is 0 Å². The largest absolute Gasteiger partial charge is 0.258 e. The summed E-state index contributed by atoms with van der Waals surface area (Å²) in [6.07, 6.45) is 21.7. The molecule has 1 heterocycles. The molecule has 2 nitrogen and oxygen atoms in total. The van der Waals surface area contributed by atoms with E-state index < -0.39 is 0 Å². The van der Waals surface area contributed by atoms with E-state index in [1.807, 2.05) is 19.3 Å². The molecule has 0 radical (unpaired) electrons. The second-order valence-corrected chi connectivity index (χ2v) is 12.5. The Morgan fingerprint density at radius 1 is 0.968 bits per heavy atom. The van der Waals surface area contributed by atoms with Crippen LogP contribution < -0.4 is 0 Å². The minimum absolute atomic E-state index is 0.574. The molecule has 31 heavy (non-hydrogen) atoms. The highest BCUT2D eigenvalue weighted by Crippen LogP contribution is 2.65. The minimum Gasteiger partial charge on any atom is -0.258 e. The quantitative estimate of drug-likeness (QED) is 0.487. The summed E-state index contributed by atoms with van der Waals surface area (Å²) in [4.78, 5) is 9.19. The third-order valence-electron chi connectivity index (χ3n) is 10.9. The van der Waals surface area contributed by atoms with Gasteiger partial charge >= 0.3 is 0 Å². The van der Waals surface area contributed by atoms with E-state index in [1.54, 1.807) is 25.7 Å². The monoisotopic (exact) mass is 422 g/mol. The number of hydrogen-bond acceptors (Lipinski definition) is 2. The lowest BCUT2D eigenvalue weighted by Gasteiger charge is -2.57. The number of rotatable bonds is 5. The van der Waals surface area contributed by atoms with Gasteiger partial charge in [0.2, 0.25) is 0 Å². The van der Waals surface area contributed by atoms with Crippen LogP contribution in [0.3, 0.4) is 0 Å². The van der Waals surface area contributed by atoms with Crippen molar-refractivity contribution in [2.75, 3.05) is 0 Å². The molecule has 2 heteroatoms. The molecule has 1 aromatic heterocycles. The van der Waals surface area contributed by atoms with Crippen molar-refractivity contribution in [2.24, 2.45) is 52.8 Å². The van der Waals surface area contributed by atoms with Gasteiger partial charge in [0.25, 0.3) is 0 Å². The molecule has 4 saturated carbocycles. The van der Waals surface area contributed by atoms with Crippen molar-refractivity contribution < 1.29 is 0 Å². The van der Waals surface area contributed by atoms with E-state index in [0.717, 1.165) is 59.5 Å². The van der Waals surface area contributed by atoms with Crippen molar-refractivity contribution in [2.45, 2.75) is 105 Å². The first-order chi connectivity index (χ1) is 15.0. The topological polar surface area (TPSA) is 25.8 Å².